The highest BCUT2D eigenvalue weighted by molar-refractivity contribution is 5.67. The molecule has 4 aliphatic carbocycles. The standard InChI is InChI=1S/C24H35N3O2/c1-27-15-25-14-18(27)11-12-26-24(28)29-19-7-10-21-17(13-19)6-9-22-20-4-2-3-16(20)5-8-23(21)22/h6,14-16,19-23H,2-5,7-13H2,1H3,(H,26,28). The van der Waals surface area contributed by atoms with Crippen LogP contribution < -0.4 is 5.32 Å². The number of hydrogen-bond donors (Lipinski definition) is 1. The summed E-state index contributed by atoms with van der Waals surface area (Å²) in [6, 6.07) is 0. The molecule has 0 radical (unpaired) electrons. The average molecular weight is 398 g/mol. The van der Waals surface area contributed by atoms with Crippen LogP contribution in [0.25, 0.3) is 0 Å². The fraction of sp³-hybridized carbons (Fsp3) is 0.750. The van der Waals surface area contributed by atoms with Gasteiger partial charge in [0, 0.05) is 38.3 Å². The number of fused-ring (bicyclic) bond motifs is 5. The third-order valence-electron chi connectivity index (χ3n) is 8.44. The Bertz CT molecular complexity index is 770. The Morgan fingerprint density at radius 1 is 1.17 bits per heavy atom. The molecule has 4 aliphatic rings. The van der Waals surface area contributed by atoms with Crippen molar-refractivity contribution in [3.05, 3.63) is 29.9 Å². The van der Waals surface area contributed by atoms with E-state index in [2.05, 4.69) is 16.4 Å². The Hall–Kier alpha value is -1.78. The van der Waals surface area contributed by atoms with Crippen molar-refractivity contribution in [3.8, 4) is 0 Å². The van der Waals surface area contributed by atoms with E-state index >= 15 is 0 Å². The van der Waals surface area contributed by atoms with Crippen LogP contribution in [0.2, 0.25) is 0 Å². The summed E-state index contributed by atoms with van der Waals surface area (Å²) in [5.74, 6) is 4.65. The monoisotopic (exact) mass is 397 g/mol. The van der Waals surface area contributed by atoms with Gasteiger partial charge in [0.15, 0.2) is 0 Å². The number of imidazole rings is 1. The van der Waals surface area contributed by atoms with Gasteiger partial charge in [-0.25, -0.2) is 9.78 Å². The van der Waals surface area contributed by atoms with Crippen molar-refractivity contribution in [2.24, 2.45) is 36.6 Å². The first-order valence-electron chi connectivity index (χ1n) is 11.8. The molecule has 0 bridgehead atoms. The summed E-state index contributed by atoms with van der Waals surface area (Å²) in [6.07, 6.45) is 18.5. The summed E-state index contributed by atoms with van der Waals surface area (Å²) < 4.78 is 7.76. The number of aryl methyl sites for hydroxylation is 1. The van der Waals surface area contributed by atoms with E-state index in [1.54, 1.807) is 11.9 Å². The van der Waals surface area contributed by atoms with Crippen molar-refractivity contribution in [2.45, 2.75) is 70.3 Å². The molecule has 6 unspecified atom stereocenters. The predicted molar refractivity (Wildman–Crippen MR) is 112 cm³/mol. The predicted octanol–water partition coefficient (Wildman–Crippen LogP) is 4.63. The molecule has 5 rings (SSSR count). The molecule has 1 amide bonds. The van der Waals surface area contributed by atoms with E-state index in [1.807, 2.05) is 17.8 Å². The molecule has 1 aromatic rings. The molecule has 5 heteroatoms. The molecule has 1 N–H and O–H groups in total. The Kier molecular flexibility index (Phi) is 5.40. The molecular formula is C24H35N3O2. The topological polar surface area (TPSA) is 56.2 Å². The van der Waals surface area contributed by atoms with E-state index in [0.29, 0.717) is 6.54 Å². The highest BCUT2D eigenvalue weighted by atomic mass is 16.6. The minimum atomic E-state index is -0.267. The van der Waals surface area contributed by atoms with Crippen LogP contribution in [0.3, 0.4) is 0 Å². The lowest BCUT2D eigenvalue weighted by molar-refractivity contribution is 0.0344. The molecule has 0 aliphatic heterocycles. The number of carbonyl (C=O) groups is 1. The molecule has 158 valence electrons. The Morgan fingerprint density at radius 3 is 2.97 bits per heavy atom. The van der Waals surface area contributed by atoms with Gasteiger partial charge in [-0.3, -0.25) is 0 Å². The van der Waals surface area contributed by atoms with Crippen molar-refractivity contribution >= 4 is 6.09 Å². The van der Waals surface area contributed by atoms with Crippen molar-refractivity contribution in [1.29, 1.82) is 0 Å². The highest BCUT2D eigenvalue weighted by Gasteiger charge is 2.47. The first-order chi connectivity index (χ1) is 14.2. The zero-order valence-electron chi connectivity index (χ0n) is 17.7. The Balaban J connectivity index is 1.12. The van der Waals surface area contributed by atoms with Crippen LogP contribution in [0, 0.1) is 29.6 Å². The molecule has 3 fully saturated rings. The van der Waals surface area contributed by atoms with Gasteiger partial charge in [-0.1, -0.05) is 24.5 Å². The summed E-state index contributed by atoms with van der Waals surface area (Å²) >= 11 is 0. The second-order valence-corrected chi connectivity index (χ2v) is 9.86. The smallest absolute Gasteiger partial charge is 0.407 e. The van der Waals surface area contributed by atoms with Crippen LogP contribution in [0.15, 0.2) is 24.2 Å². The third-order valence-corrected chi connectivity index (χ3v) is 8.44. The lowest BCUT2D eigenvalue weighted by Crippen LogP contribution is -2.42. The van der Waals surface area contributed by atoms with Crippen molar-refractivity contribution in [3.63, 3.8) is 0 Å². The van der Waals surface area contributed by atoms with Gasteiger partial charge in [0.1, 0.15) is 6.10 Å². The van der Waals surface area contributed by atoms with Gasteiger partial charge in [0.25, 0.3) is 0 Å². The van der Waals surface area contributed by atoms with E-state index in [9.17, 15) is 4.79 Å². The highest BCUT2D eigenvalue weighted by Crippen LogP contribution is 2.56. The number of nitrogens with one attached hydrogen (secondary N) is 1. The SMILES string of the molecule is Cn1cncc1CCNC(=O)OC1CCC2C(=CCC3C4CCCC4CCC23)C1. The first-order valence-corrected chi connectivity index (χ1v) is 11.8. The number of ether oxygens (including phenoxy) is 1. The summed E-state index contributed by atoms with van der Waals surface area (Å²) in [4.78, 5) is 16.4. The van der Waals surface area contributed by atoms with Crippen LogP contribution in [-0.2, 0) is 18.2 Å². The molecule has 0 spiro atoms. The minimum absolute atomic E-state index is 0.0496. The van der Waals surface area contributed by atoms with E-state index in [-0.39, 0.29) is 12.2 Å². The molecule has 1 aromatic heterocycles. The van der Waals surface area contributed by atoms with Crippen LogP contribution in [0.1, 0.15) is 63.5 Å². The number of carbonyl (C=O) groups excluding carboxylic acids is 1. The van der Waals surface area contributed by atoms with Gasteiger partial charge in [-0.15, -0.1) is 0 Å². The molecule has 5 nitrogen and oxygen atoms in total. The summed E-state index contributed by atoms with van der Waals surface area (Å²) in [5.41, 5.74) is 2.71. The van der Waals surface area contributed by atoms with Crippen molar-refractivity contribution in [2.75, 3.05) is 6.54 Å². The van der Waals surface area contributed by atoms with Crippen LogP contribution in [-0.4, -0.2) is 28.3 Å². The minimum Gasteiger partial charge on any atom is -0.446 e. The Morgan fingerprint density at radius 2 is 2.10 bits per heavy atom. The molecule has 29 heavy (non-hydrogen) atoms. The quantitative estimate of drug-likeness (QED) is 0.754. The average Bonchev–Trinajstić information content (AvgIpc) is 3.36. The largest absolute Gasteiger partial charge is 0.446 e. The zero-order valence-corrected chi connectivity index (χ0v) is 17.7. The summed E-state index contributed by atoms with van der Waals surface area (Å²) in [5, 5.41) is 2.92. The molecule has 6 atom stereocenters. The molecule has 1 heterocycles. The maximum atomic E-state index is 12.3. The number of alkyl carbamates (subject to hydrolysis) is 1. The maximum absolute atomic E-state index is 12.3. The molecule has 3 saturated carbocycles. The molecular weight excluding hydrogens is 362 g/mol. The number of hydrogen-bond acceptors (Lipinski definition) is 3. The number of rotatable bonds is 4. The van der Waals surface area contributed by atoms with Crippen molar-refractivity contribution < 1.29 is 9.53 Å². The molecule has 0 aromatic carbocycles. The Labute approximate surface area is 174 Å². The number of allylic oxidation sites excluding steroid dienone is 1. The van der Waals surface area contributed by atoms with Crippen LogP contribution >= 0.6 is 0 Å². The van der Waals surface area contributed by atoms with Gasteiger partial charge in [0.05, 0.1) is 6.33 Å². The second-order valence-electron chi connectivity index (χ2n) is 9.86. The van der Waals surface area contributed by atoms with E-state index < -0.39 is 0 Å². The lowest BCUT2D eigenvalue weighted by Gasteiger charge is -2.49. The van der Waals surface area contributed by atoms with Crippen LogP contribution in [0.4, 0.5) is 4.79 Å². The number of nitrogens with zero attached hydrogens (tertiary/aromatic N) is 2. The van der Waals surface area contributed by atoms with Crippen LogP contribution in [0.5, 0.6) is 0 Å². The van der Waals surface area contributed by atoms with Gasteiger partial charge in [-0.2, -0.15) is 0 Å². The van der Waals surface area contributed by atoms with Gasteiger partial charge in [0.2, 0.25) is 0 Å². The fourth-order valence-corrected chi connectivity index (χ4v) is 7.07. The number of amides is 1. The third kappa shape index (κ3) is 3.85. The summed E-state index contributed by atoms with van der Waals surface area (Å²) in [6.45, 7) is 0.586. The normalized spacial score (nSPS) is 35.8. The van der Waals surface area contributed by atoms with Gasteiger partial charge >= 0.3 is 6.09 Å². The first kappa shape index (κ1) is 19.2. The molecule has 0 saturated heterocycles. The zero-order chi connectivity index (χ0) is 19.8. The summed E-state index contributed by atoms with van der Waals surface area (Å²) in [7, 11) is 1.97. The lowest BCUT2D eigenvalue weighted by atomic mass is 9.57. The van der Waals surface area contributed by atoms with E-state index in [0.717, 1.165) is 54.5 Å². The second kappa shape index (κ2) is 8.16. The van der Waals surface area contributed by atoms with E-state index in [1.165, 1.54) is 44.9 Å². The maximum Gasteiger partial charge on any atom is 0.407 e. The van der Waals surface area contributed by atoms with Gasteiger partial charge < -0.3 is 14.6 Å². The fourth-order valence-electron chi connectivity index (χ4n) is 7.07. The number of aromatic nitrogens is 2. The van der Waals surface area contributed by atoms with Crippen molar-refractivity contribution in [1.82, 2.24) is 14.9 Å². The van der Waals surface area contributed by atoms with Gasteiger partial charge in [-0.05, 0) is 68.1 Å². The van der Waals surface area contributed by atoms with E-state index in [4.69, 9.17) is 4.74 Å².